The molecule has 0 bridgehead atoms. The summed E-state index contributed by atoms with van der Waals surface area (Å²) in [5.74, 6) is -0.431. The molecule has 3 rings (SSSR count). The normalized spacial score (nSPS) is 11.4. The molecule has 0 saturated carbocycles. The molecule has 0 saturated heterocycles. The molecular formula is C22H21ClN2O3S. The molecule has 0 radical (unpaired) electrons. The van der Waals surface area contributed by atoms with Crippen molar-refractivity contribution in [2.75, 3.05) is 18.4 Å². The first-order valence-corrected chi connectivity index (χ1v) is 10.9. The Hall–Kier alpha value is -2.67. The summed E-state index contributed by atoms with van der Waals surface area (Å²) in [5.41, 5.74) is 1.51. The molecule has 5 nitrogen and oxygen atoms in total. The molecular weight excluding hydrogens is 408 g/mol. The van der Waals surface area contributed by atoms with Crippen LogP contribution in [0.15, 0.2) is 89.8 Å². The quantitative estimate of drug-likeness (QED) is 0.584. The van der Waals surface area contributed by atoms with E-state index in [4.69, 9.17) is 11.6 Å². The Kier molecular flexibility index (Phi) is 7.04. The number of hydrogen-bond donors (Lipinski definition) is 1. The smallest absolute Gasteiger partial charge is 0.243 e. The fourth-order valence-corrected chi connectivity index (χ4v) is 4.46. The SMILES string of the molecule is O=C(CN(CCc1ccccc1)S(=O)(=O)c1ccccc1)Nc1cccc(Cl)c1. The average Bonchev–Trinajstić information content (AvgIpc) is 2.72. The number of nitrogens with zero attached hydrogens (tertiary/aromatic N) is 1. The van der Waals surface area contributed by atoms with Crippen LogP contribution in [0.2, 0.25) is 5.02 Å². The van der Waals surface area contributed by atoms with Crippen LogP contribution in [0.1, 0.15) is 5.56 Å². The van der Waals surface area contributed by atoms with Gasteiger partial charge in [-0.3, -0.25) is 4.79 Å². The third-order valence-electron chi connectivity index (χ3n) is 4.30. The first-order valence-electron chi connectivity index (χ1n) is 9.10. The van der Waals surface area contributed by atoms with Crippen molar-refractivity contribution in [1.82, 2.24) is 4.31 Å². The topological polar surface area (TPSA) is 66.5 Å². The number of nitrogens with one attached hydrogen (secondary N) is 1. The van der Waals surface area contributed by atoms with Crippen molar-refractivity contribution in [2.45, 2.75) is 11.3 Å². The minimum absolute atomic E-state index is 0.156. The summed E-state index contributed by atoms with van der Waals surface area (Å²) in [4.78, 5) is 12.7. The van der Waals surface area contributed by atoms with Gasteiger partial charge in [-0.2, -0.15) is 4.31 Å². The zero-order chi connectivity index (χ0) is 20.7. The molecule has 0 unspecified atom stereocenters. The number of hydrogen-bond acceptors (Lipinski definition) is 3. The minimum Gasteiger partial charge on any atom is -0.325 e. The zero-order valence-corrected chi connectivity index (χ0v) is 17.2. The number of anilines is 1. The highest BCUT2D eigenvalue weighted by Crippen LogP contribution is 2.18. The molecule has 0 aliphatic heterocycles. The minimum atomic E-state index is -3.82. The fraction of sp³-hybridized carbons (Fsp3) is 0.136. The molecule has 3 aromatic carbocycles. The molecule has 1 amide bonds. The molecule has 7 heteroatoms. The van der Waals surface area contributed by atoms with Gasteiger partial charge in [-0.05, 0) is 42.3 Å². The monoisotopic (exact) mass is 428 g/mol. The van der Waals surface area contributed by atoms with Crippen molar-refractivity contribution in [3.63, 3.8) is 0 Å². The summed E-state index contributed by atoms with van der Waals surface area (Å²) >= 11 is 5.95. The summed E-state index contributed by atoms with van der Waals surface area (Å²) in [6, 6.07) is 24.4. The molecule has 1 N–H and O–H groups in total. The first-order chi connectivity index (χ1) is 13.9. The van der Waals surface area contributed by atoms with Crippen LogP contribution in [0, 0.1) is 0 Å². The van der Waals surface area contributed by atoms with E-state index in [1.54, 1.807) is 42.5 Å². The Balaban J connectivity index is 1.79. The van der Waals surface area contributed by atoms with E-state index in [-0.39, 0.29) is 18.0 Å². The van der Waals surface area contributed by atoms with Gasteiger partial charge in [0.1, 0.15) is 0 Å². The molecule has 0 spiro atoms. The Labute approximate surface area is 176 Å². The van der Waals surface area contributed by atoms with Crippen LogP contribution in [0.3, 0.4) is 0 Å². The van der Waals surface area contributed by atoms with Crippen molar-refractivity contribution >= 4 is 33.2 Å². The van der Waals surface area contributed by atoms with E-state index in [1.165, 1.54) is 16.4 Å². The van der Waals surface area contributed by atoms with Crippen molar-refractivity contribution in [2.24, 2.45) is 0 Å². The Morgan fingerprint density at radius 1 is 0.897 bits per heavy atom. The van der Waals surface area contributed by atoms with Gasteiger partial charge in [0.05, 0.1) is 11.4 Å². The van der Waals surface area contributed by atoms with Crippen LogP contribution in [-0.4, -0.2) is 31.7 Å². The van der Waals surface area contributed by atoms with Crippen molar-refractivity contribution in [1.29, 1.82) is 0 Å². The number of carbonyl (C=O) groups is 1. The van der Waals surface area contributed by atoms with E-state index >= 15 is 0 Å². The average molecular weight is 429 g/mol. The zero-order valence-electron chi connectivity index (χ0n) is 15.7. The molecule has 0 heterocycles. The van der Waals surface area contributed by atoms with Gasteiger partial charge in [-0.1, -0.05) is 66.2 Å². The van der Waals surface area contributed by atoms with Crippen LogP contribution in [-0.2, 0) is 21.2 Å². The lowest BCUT2D eigenvalue weighted by Gasteiger charge is -2.22. The van der Waals surface area contributed by atoms with Gasteiger partial charge in [0.15, 0.2) is 0 Å². The van der Waals surface area contributed by atoms with E-state index in [1.807, 2.05) is 30.3 Å². The number of sulfonamides is 1. The number of halogens is 1. The maximum Gasteiger partial charge on any atom is 0.243 e. The Bertz CT molecular complexity index is 1060. The molecule has 150 valence electrons. The van der Waals surface area contributed by atoms with Gasteiger partial charge in [-0.25, -0.2) is 8.42 Å². The highest BCUT2D eigenvalue weighted by atomic mass is 35.5. The second-order valence-corrected chi connectivity index (χ2v) is 8.82. The standard InChI is InChI=1S/C22H21ClN2O3S/c23-19-10-7-11-20(16-19)24-22(26)17-25(15-14-18-8-3-1-4-9-18)29(27,28)21-12-5-2-6-13-21/h1-13,16H,14-15,17H2,(H,24,26). The molecule has 0 atom stereocenters. The summed E-state index contributed by atoms with van der Waals surface area (Å²) < 4.78 is 27.4. The Morgan fingerprint density at radius 2 is 1.55 bits per heavy atom. The van der Waals surface area contributed by atoms with Crippen LogP contribution in [0.4, 0.5) is 5.69 Å². The molecule has 0 aliphatic rings. The third kappa shape index (κ3) is 5.90. The fourth-order valence-electron chi connectivity index (χ4n) is 2.85. The van der Waals surface area contributed by atoms with Crippen LogP contribution >= 0.6 is 11.6 Å². The van der Waals surface area contributed by atoms with Gasteiger partial charge >= 0.3 is 0 Å². The molecule has 0 aliphatic carbocycles. The number of rotatable bonds is 8. The largest absolute Gasteiger partial charge is 0.325 e. The number of benzene rings is 3. The van der Waals surface area contributed by atoms with Gasteiger partial charge in [-0.15, -0.1) is 0 Å². The molecule has 3 aromatic rings. The van der Waals surface area contributed by atoms with Crippen LogP contribution in [0.5, 0.6) is 0 Å². The van der Waals surface area contributed by atoms with Gasteiger partial charge in [0, 0.05) is 17.3 Å². The van der Waals surface area contributed by atoms with Crippen LogP contribution < -0.4 is 5.32 Å². The highest BCUT2D eigenvalue weighted by Gasteiger charge is 2.26. The predicted molar refractivity (Wildman–Crippen MR) is 115 cm³/mol. The number of amides is 1. The van der Waals surface area contributed by atoms with Gasteiger partial charge in [0.25, 0.3) is 0 Å². The lowest BCUT2D eigenvalue weighted by atomic mass is 10.1. The summed E-state index contributed by atoms with van der Waals surface area (Å²) in [6.07, 6.45) is 0.497. The van der Waals surface area contributed by atoms with E-state index in [0.29, 0.717) is 17.1 Å². The van der Waals surface area contributed by atoms with Gasteiger partial charge in [0.2, 0.25) is 15.9 Å². The lowest BCUT2D eigenvalue weighted by molar-refractivity contribution is -0.116. The van der Waals surface area contributed by atoms with E-state index < -0.39 is 15.9 Å². The number of carbonyl (C=O) groups excluding carboxylic acids is 1. The first kappa shape index (κ1) is 21.0. The second kappa shape index (κ2) is 9.69. The maximum atomic E-state index is 13.1. The maximum absolute atomic E-state index is 13.1. The lowest BCUT2D eigenvalue weighted by Crippen LogP contribution is -2.39. The second-order valence-electron chi connectivity index (χ2n) is 6.45. The van der Waals surface area contributed by atoms with Crippen LogP contribution in [0.25, 0.3) is 0 Å². The van der Waals surface area contributed by atoms with Crippen molar-refractivity contribution in [3.8, 4) is 0 Å². The van der Waals surface area contributed by atoms with E-state index in [9.17, 15) is 13.2 Å². The predicted octanol–water partition coefficient (Wildman–Crippen LogP) is 4.21. The van der Waals surface area contributed by atoms with Crippen molar-refractivity contribution < 1.29 is 13.2 Å². The summed E-state index contributed by atoms with van der Waals surface area (Å²) in [6.45, 7) is -0.110. The molecule has 0 fully saturated rings. The summed E-state index contributed by atoms with van der Waals surface area (Å²) in [5, 5.41) is 3.19. The van der Waals surface area contributed by atoms with E-state index in [0.717, 1.165) is 5.56 Å². The third-order valence-corrected chi connectivity index (χ3v) is 6.40. The molecule has 0 aromatic heterocycles. The highest BCUT2D eigenvalue weighted by molar-refractivity contribution is 7.89. The Morgan fingerprint density at radius 3 is 2.21 bits per heavy atom. The summed E-state index contributed by atoms with van der Waals surface area (Å²) in [7, 11) is -3.82. The van der Waals surface area contributed by atoms with Gasteiger partial charge < -0.3 is 5.32 Å². The van der Waals surface area contributed by atoms with E-state index in [2.05, 4.69) is 5.32 Å². The molecule has 29 heavy (non-hydrogen) atoms. The van der Waals surface area contributed by atoms with Crippen molar-refractivity contribution in [3.05, 3.63) is 95.5 Å².